The number of methoxy groups -OCH3 is 1. The maximum atomic E-state index is 10.9. The molecule has 1 saturated heterocycles. The average Bonchev–Trinajstić information content (AvgIpc) is 2.74. The van der Waals surface area contributed by atoms with Crippen molar-refractivity contribution in [2.24, 2.45) is 11.3 Å². The number of carboxylic acid groups (broad SMARTS) is 1. The third-order valence-corrected chi connectivity index (χ3v) is 2.93. The SMILES string of the molecule is COC(=O)N1CC2(CC2C(=O)O)C1. The first kappa shape index (κ1) is 8.34. The predicted octanol–water partition coefficient (Wildman–Crippen LogP) is 0.159. The van der Waals surface area contributed by atoms with Crippen molar-refractivity contribution in [3.05, 3.63) is 0 Å². The summed E-state index contributed by atoms with van der Waals surface area (Å²) in [6.45, 7) is 1.08. The molecule has 1 spiro atoms. The summed E-state index contributed by atoms with van der Waals surface area (Å²) in [5, 5.41) is 8.70. The van der Waals surface area contributed by atoms with Crippen LogP contribution in [0.15, 0.2) is 0 Å². The largest absolute Gasteiger partial charge is 0.481 e. The number of carbonyl (C=O) groups is 2. The molecule has 1 aliphatic carbocycles. The molecule has 13 heavy (non-hydrogen) atoms. The van der Waals surface area contributed by atoms with E-state index in [0.717, 1.165) is 0 Å². The Balaban J connectivity index is 1.86. The number of carboxylic acids is 1. The van der Waals surface area contributed by atoms with E-state index in [0.29, 0.717) is 19.5 Å². The monoisotopic (exact) mass is 185 g/mol. The van der Waals surface area contributed by atoms with Crippen molar-refractivity contribution in [1.29, 1.82) is 0 Å². The highest BCUT2D eigenvalue weighted by Gasteiger charge is 2.65. The Labute approximate surface area is 75.3 Å². The van der Waals surface area contributed by atoms with Gasteiger partial charge in [0.25, 0.3) is 0 Å². The zero-order valence-corrected chi connectivity index (χ0v) is 7.32. The summed E-state index contributed by atoms with van der Waals surface area (Å²) in [4.78, 5) is 23.1. The third-order valence-electron chi connectivity index (χ3n) is 2.93. The van der Waals surface area contributed by atoms with Gasteiger partial charge in [0.1, 0.15) is 0 Å². The van der Waals surface area contributed by atoms with E-state index in [1.165, 1.54) is 12.0 Å². The first-order valence-electron chi connectivity index (χ1n) is 4.15. The Hall–Kier alpha value is -1.26. The number of ether oxygens (including phenoxy) is 1. The Morgan fingerprint density at radius 2 is 2.15 bits per heavy atom. The van der Waals surface area contributed by atoms with Gasteiger partial charge >= 0.3 is 12.1 Å². The van der Waals surface area contributed by atoms with Crippen molar-refractivity contribution < 1.29 is 19.4 Å². The molecule has 1 N–H and O–H groups in total. The lowest BCUT2D eigenvalue weighted by molar-refractivity contribution is -0.140. The number of likely N-dealkylation sites (tertiary alicyclic amines) is 1. The molecule has 2 aliphatic rings. The fourth-order valence-electron chi connectivity index (χ4n) is 2.02. The summed E-state index contributed by atoms with van der Waals surface area (Å²) in [6.07, 6.45) is 0.345. The van der Waals surface area contributed by atoms with Gasteiger partial charge < -0.3 is 14.7 Å². The summed E-state index contributed by atoms with van der Waals surface area (Å²) in [6, 6.07) is 0. The van der Waals surface area contributed by atoms with Crippen LogP contribution in [0.3, 0.4) is 0 Å². The molecule has 0 aromatic heterocycles. The van der Waals surface area contributed by atoms with E-state index in [9.17, 15) is 9.59 Å². The van der Waals surface area contributed by atoms with Gasteiger partial charge in [0.2, 0.25) is 0 Å². The summed E-state index contributed by atoms with van der Waals surface area (Å²) in [7, 11) is 1.33. The van der Waals surface area contributed by atoms with Crippen molar-refractivity contribution in [3.63, 3.8) is 0 Å². The molecule has 5 heteroatoms. The zero-order chi connectivity index (χ0) is 9.64. The molecule has 5 nitrogen and oxygen atoms in total. The first-order valence-corrected chi connectivity index (χ1v) is 4.15. The van der Waals surface area contributed by atoms with Gasteiger partial charge in [0.05, 0.1) is 13.0 Å². The lowest BCUT2D eigenvalue weighted by atomic mass is 9.94. The lowest BCUT2D eigenvalue weighted by Gasteiger charge is -2.39. The molecule has 0 aromatic rings. The molecule has 0 radical (unpaired) electrons. The van der Waals surface area contributed by atoms with Crippen LogP contribution in [0.2, 0.25) is 0 Å². The van der Waals surface area contributed by atoms with Crippen molar-refractivity contribution in [2.45, 2.75) is 6.42 Å². The van der Waals surface area contributed by atoms with Crippen molar-refractivity contribution >= 4 is 12.1 Å². The van der Waals surface area contributed by atoms with Gasteiger partial charge in [-0.05, 0) is 6.42 Å². The summed E-state index contributed by atoms with van der Waals surface area (Å²) in [5.74, 6) is -0.988. The number of rotatable bonds is 1. The van der Waals surface area contributed by atoms with Crippen molar-refractivity contribution in [3.8, 4) is 0 Å². The van der Waals surface area contributed by atoms with Crippen LogP contribution < -0.4 is 0 Å². The van der Waals surface area contributed by atoms with Gasteiger partial charge in [-0.1, -0.05) is 0 Å². The van der Waals surface area contributed by atoms with Crippen LogP contribution in [0.1, 0.15) is 6.42 Å². The molecule has 1 amide bonds. The molecule has 2 fully saturated rings. The molecule has 0 bridgehead atoms. The van der Waals surface area contributed by atoms with E-state index in [-0.39, 0.29) is 17.4 Å². The second kappa shape index (κ2) is 2.37. The van der Waals surface area contributed by atoms with Gasteiger partial charge in [-0.2, -0.15) is 0 Å². The zero-order valence-electron chi connectivity index (χ0n) is 7.32. The fraction of sp³-hybridized carbons (Fsp3) is 0.750. The van der Waals surface area contributed by atoms with E-state index in [2.05, 4.69) is 4.74 Å². The molecule has 1 saturated carbocycles. The van der Waals surface area contributed by atoms with E-state index in [4.69, 9.17) is 5.11 Å². The van der Waals surface area contributed by atoms with Gasteiger partial charge in [0, 0.05) is 18.5 Å². The van der Waals surface area contributed by atoms with Gasteiger partial charge in [-0.25, -0.2) is 4.79 Å². The van der Waals surface area contributed by atoms with Crippen LogP contribution in [0.5, 0.6) is 0 Å². The van der Waals surface area contributed by atoms with Crippen LogP contribution in [0.25, 0.3) is 0 Å². The quantitative estimate of drug-likeness (QED) is 0.631. The Kier molecular flexibility index (Phi) is 1.52. The van der Waals surface area contributed by atoms with Crippen molar-refractivity contribution in [1.82, 2.24) is 4.90 Å². The van der Waals surface area contributed by atoms with Crippen LogP contribution in [0.4, 0.5) is 4.79 Å². The van der Waals surface area contributed by atoms with Crippen LogP contribution in [-0.2, 0) is 9.53 Å². The van der Waals surface area contributed by atoms with Gasteiger partial charge in [-0.15, -0.1) is 0 Å². The Morgan fingerprint density at radius 1 is 1.54 bits per heavy atom. The molecule has 72 valence electrons. The minimum atomic E-state index is -0.746. The maximum Gasteiger partial charge on any atom is 0.409 e. The minimum absolute atomic E-state index is 0.111. The van der Waals surface area contributed by atoms with Gasteiger partial charge in [0.15, 0.2) is 0 Å². The maximum absolute atomic E-state index is 10.9. The average molecular weight is 185 g/mol. The Bertz CT molecular complexity index is 269. The van der Waals surface area contributed by atoms with Crippen molar-refractivity contribution in [2.75, 3.05) is 20.2 Å². The molecular weight excluding hydrogens is 174 g/mol. The molecule has 0 aromatic carbocycles. The second-order valence-corrected chi connectivity index (χ2v) is 3.78. The second-order valence-electron chi connectivity index (χ2n) is 3.78. The van der Waals surface area contributed by atoms with Crippen LogP contribution in [0, 0.1) is 11.3 Å². The summed E-state index contributed by atoms with van der Waals surface area (Å²) < 4.78 is 4.51. The van der Waals surface area contributed by atoms with E-state index < -0.39 is 5.97 Å². The molecule has 2 rings (SSSR count). The minimum Gasteiger partial charge on any atom is -0.481 e. The van der Waals surface area contributed by atoms with Crippen LogP contribution >= 0.6 is 0 Å². The first-order chi connectivity index (χ1) is 6.09. The predicted molar refractivity (Wildman–Crippen MR) is 42.2 cm³/mol. The number of nitrogens with zero attached hydrogens (tertiary/aromatic N) is 1. The van der Waals surface area contributed by atoms with E-state index in [1.54, 1.807) is 0 Å². The number of hydrogen-bond acceptors (Lipinski definition) is 3. The number of aliphatic carboxylic acids is 1. The van der Waals surface area contributed by atoms with E-state index >= 15 is 0 Å². The third kappa shape index (κ3) is 1.07. The molecule has 1 aliphatic heterocycles. The number of carbonyl (C=O) groups excluding carboxylic acids is 1. The smallest absolute Gasteiger partial charge is 0.409 e. The topological polar surface area (TPSA) is 66.8 Å². The normalized spacial score (nSPS) is 28.1. The lowest BCUT2D eigenvalue weighted by Crippen LogP contribution is -2.52. The number of amides is 1. The Morgan fingerprint density at radius 3 is 2.54 bits per heavy atom. The summed E-state index contributed by atoms with van der Waals surface area (Å²) >= 11 is 0. The van der Waals surface area contributed by atoms with E-state index in [1.807, 2.05) is 0 Å². The number of hydrogen-bond donors (Lipinski definition) is 1. The fourth-order valence-corrected chi connectivity index (χ4v) is 2.02. The van der Waals surface area contributed by atoms with Crippen LogP contribution in [-0.4, -0.2) is 42.3 Å². The highest BCUT2D eigenvalue weighted by molar-refractivity contribution is 5.77. The highest BCUT2D eigenvalue weighted by Crippen LogP contribution is 2.58. The summed E-state index contributed by atoms with van der Waals surface area (Å²) in [5.41, 5.74) is -0.111. The molecule has 1 heterocycles. The van der Waals surface area contributed by atoms with Gasteiger partial charge in [-0.3, -0.25) is 4.79 Å². The molecular formula is C8H11NO4. The highest BCUT2D eigenvalue weighted by atomic mass is 16.5. The molecule has 1 unspecified atom stereocenters. The molecule has 1 atom stereocenters. The standard InChI is InChI=1S/C8H11NO4/c1-13-7(12)9-3-8(4-9)2-5(8)6(10)11/h5H,2-4H2,1H3,(H,10,11).